The predicted molar refractivity (Wildman–Crippen MR) is 81.8 cm³/mol. The first kappa shape index (κ1) is 18.1. The molecular weight excluding hydrogens is 270 g/mol. The van der Waals surface area contributed by atoms with E-state index in [0.29, 0.717) is 19.6 Å². The van der Waals surface area contributed by atoms with Crippen LogP contribution in [0.2, 0.25) is 0 Å². The number of hydrogen-bond donors (Lipinski definition) is 1. The topological polar surface area (TPSA) is 59.0 Å². The number of carbonyl (C=O) groups is 1. The van der Waals surface area contributed by atoms with E-state index in [2.05, 4.69) is 0 Å². The fraction of sp³-hybridized carbons (Fsp3) is 0.812. The molecule has 1 N–H and O–H groups in total. The monoisotopic (exact) mass is 299 g/mol. The van der Waals surface area contributed by atoms with Crippen molar-refractivity contribution >= 4 is 5.91 Å². The van der Waals surface area contributed by atoms with Gasteiger partial charge in [-0.1, -0.05) is 0 Å². The molecule has 0 bridgehead atoms. The van der Waals surface area contributed by atoms with Gasteiger partial charge in [0.15, 0.2) is 5.72 Å². The lowest BCUT2D eigenvalue weighted by molar-refractivity contribution is -0.141. The molecule has 0 saturated carbocycles. The second-order valence-electron chi connectivity index (χ2n) is 6.99. The normalized spacial score (nSPS) is 23.2. The Hall–Kier alpha value is -0.910. The number of methoxy groups -OCH3 is 1. The lowest BCUT2D eigenvalue weighted by atomic mass is 10.0. The molecule has 0 fully saturated rings. The van der Waals surface area contributed by atoms with Gasteiger partial charge in [-0.3, -0.25) is 4.79 Å². The summed E-state index contributed by atoms with van der Waals surface area (Å²) in [7, 11) is 1.69. The predicted octanol–water partition coefficient (Wildman–Crippen LogP) is 2.09. The second kappa shape index (κ2) is 6.46. The summed E-state index contributed by atoms with van der Waals surface area (Å²) in [5, 5.41) is 10.1. The van der Waals surface area contributed by atoms with Gasteiger partial charge in [0, 0.05) is 19.7 Å². The maximum absolute atomic E-state index is 11.7. The van der Waals surface area contributed by atoms with E-state index in [1.807, 2.05) is 27.7 Å². The molecule has 5 nitrogen and oxygen atoms in total. The van der Waals surface area contributed by atoms with E-state index in [1.165, 1.54) is 17.1 Å². The highest BCUT2D eigenvalue weighted by Gasteiger charge is 2.35. The largest absolute Gasteiger partial charge is 0.379 e. The summed E-state index contributed by atoms with van der Waals surface area (Å²) in [6.45, 7) is 10.7. The van der Waals surface area contributed by atoms with E-state index < -0.39 is 5.72 Å². The van der Waals surface area contributed by atoms with E-state index in [-0.39, 0.29) is 17.1 Å². The Kier molecular flexibility index (Phi) is 5.58. The fourth-order valence-electron chi connectivity index (χ4n) is 2.10. The molecule has 1 rings (SSSR count). The first-order valence-corrected chi connectivity index (χ1v) is 7.41. The van der Waals surface area contributed by atoms with Crippen LogP contribution in [0.5, 0.6) is 0 Å². The van der Waals surface area contributed by atoms with Crippen molar-refractivity contribution < 1.29 is 19.4 Å². The van der Waals surface area contributed by atoms with Gasteiger partial charge >= 0.3 is 0 Å². The van der Waals surface area contributed by atoms with Crippen LogP contribution in [0.15, 0.2) is 12.2 Å². The minimum atomic E-state index is -1.19. The van der Waals surface area contributed by atoms with Gasteiger partial charge in [-0.2, -0.15) is 0 Å². The molecular formula is C16H29NO4. The molecule has 1 heterocycles. The van der Waals surface area contributed by atoms with E-state index in [1.54, 1.807) is 14.0 Å². The third-order valence-corrected chi connectivity index (χ3v) is 4.04. The van der Waals surface area contributed by atoms with E-state index in [0.717, 1.165) is 6.42 Å². The zero-order valence-corrected chi connectivity index (χ0v) is 14.1. The van der Waals surface area contributed by atoms with E-state index in [4.69, 9.17) is 9.47 Å². The Morgan fingerprint density at radius 1 is 1.24 bits per heavy atom. The van der Waals surface area contributed by atoms with Gasteiger partial charge < -0.3 is 19.5 Å². The zero-order valence-electron chi connectivity index (χ0n) is 14.1. The zero-order chi connectivity index (χ0) is 16.3. The van der Waals surface area contributed by atoms with Gasteiger partial charge in [0.2, 0.25) is 5.91 Å². The second-order valence-corrected chi connectivity index (χ2v) is 6.99. The third kappa shape index (κ3) is 5.41. The number of nitrogens with zero attached hydrogens (tertiary/aromatic N) is 1. The molecule has 122 valence electrons. The van der Waals surface area contributed by atoms with Crippen molar-refractivity contribution in [2.45, 2.75) is 64.4 Å². The maximum atomic E-state index is 11.7. The summed E-state index contributed by atoms with van der Waals surface area (Å²) in [4.78, 5) is 13.2. The van der Waals surface area contributed by atoms with Crippen molar-refractivity contribution in [3.05, 3.63) is 12.2 Å². The lowest BCUT2D eigenvalue weighted by Crippen LogP contribution is -2.46. The fourth-order valence-corrected chi connectivity index (χ4v) is 2.10. The highest BCUT2D eigenvalue weighted by atomic mass is 16.5. The number of ether oxygens (including phenoxy) is 2. The van der Waals surface area contributed by atoms with Crippen LogP contribution in [0.4, 0.5) is 0 Å². The molecule has 0 aromatic heterocycles. The Labute approximate surface area is 127 Å². The molecule has 0 spiro atoms. The van der Waals surface area contributed by atoms with Gasteiger partial charge in [0.1, 0.15) is 0 Å². The average molecular weight is 299 g/mol. The van der Waals surface area contributed by atoms with Crippen LogP contribution in [-0.4, -0.2) is 53.1 Å². The highest BCUT2D eigenvalue weighted by Crippen LogP contribution is 2.24. The van der Waals surface area contributed by atoms with Crippen molar-refractivity contribution in [1.29, 1.82) is 0 Å². The number of aliphatic hydroxyl groups is 1. The summed E-state index contributed by atoms with van der Waals surface area (Å²) < 4.78 is 11.3. The standard InChI is InChI=1S/C16H29NO4/c1-14(2,20-6)10-12-21-15(3,4)9-11-17-13(18)7-8-16(17,5)19/h7-8,19H,9-12H2,1-6H3. The highest BCUT2D eigenvalue weighted by molar-refractivity contribution is 5.91. The third-order valence-electron chi connectivity index (χ3n) is 4.04. The first-order valence-electron chi connectivity index (χ1n) is 7.41. The van der Waals surface area contributed by atoms with Crippen molar-refractivity contribution in [2.75, 3.05) is 20.3 Å². The van der Waals surface area contributed by atoms with E-state index >= 15 is 0 Å². The van der Waals surface area contributed by atoms with Gasteiger partial charge in [0.05, 0.1) is 17.8 Å². The van der Waals surface area contributed by atoms with Gasteiger partial charge in [-0.25, -0.2) is 0 Å². The summed E-state index contributed by atoms with van der Waals surface area (Å²) in [5.41, 5.74) is -1.75. The summed E-state index contributed by atoms with van der Waals surface area (Å²) >= 11 is 0. The first-order chi connectivity index (χ1) is 9.49. The molecule has 5 heteroatoms. The molecule has 21 heavy (non-hydrogen) atoms. The average Bonchev–Trinajstić information content (AvgIpc) is 2.61. The number of hydrogen-bond acceptors (Lipinski definition) is 4. The van der Waals surface area contributed by atoms with Crippen LogP contribution in [0.1, 0.15) is 47.5 Å². The summed E-state index contributed by atoms with van der Waals surface area (Å²) in [6.07, 6.45) is 4.39. The Bertz CT molecular complexity index is 399. The number of carbonyl (C=O) groups excluding carboxylic acids is 1. The molecule has 1 unspecified atom stereocenters. The molecule has 0 radical (unpaired) electrons. The van der Waals surface area contributed by atoms with Crippen molar-refractivity contribution in [3.8, 4) is 0 Å². The SMILES string of the molecule is COC(C)(C)CCOC(C)(C)CCN1C(=O)C=CC1(C)O. The molecule has 1 aliphatic rings. The van der Waals surface area contributed by atoms with E-state index in [9.17, 15) is 9.90 Å². The quantitative estimate of drug-likeness (QED) is 0.745. The van der Waals surface area contributed by atoms with Gasteiger partial charge in [0.25, 0.3) is 0 Å². The molecule has 1 aliphatic heterocycles. The van der Waals surface area contributed by atoms with Crippen LogP contribution in [0, 0.1) is 0 Å². The summed E-state index contributed by atoms with van der Waals surface area (Å²) in [6, 6.07) is 0. The maximum Gasteiger partial charge on any atom is 0.248 e. The Balaban J connectivity index is 2.41. The molecule has 1 atom stereocenters. The van der Waals surface area contributed by atoms with Crippen LogP contribution in [-0.2, 0) is 14.3 Å². The Morgan fingerprint density at radius 3 is 2.33 bits per heavy atom. The van der Waals surface area contributed by atoms with Crippen molar-refractivity contribution in [3.63, 3.8) is 0 Å². The minimum Gasteiger partial charge on any atom is -0.379 e. The number of rotatable bonds is 8. The summed E-state index contributed by atoms with van der Waals surface area (Å²) in [5.74, 6) is -0.156. The van der Waals surface area contributed by atoms with Crippen molar-refractivity contribution in [2.24, 2.45) is 0 Å². The lowest BCUT2D eigenvalue weighted by Gasteiger charge is -2.34. The molecule has 1 amide bonds. The smallest absolute Gasteiger partial charge is 0.248 e. The van der Waals surface area contributed by atoms with Crippen molar-refractivity contribution in [1.82, 2.24) is 4.90 Å². The van der Waals surface area contributed by atoms with Crippen LogP contribution < -0.4 is 0 Å². The van der Waals surface area contributed by atoms with Gasteiger partial charge in [-0.15, -0.1) is 0 Å². The molecule has 0 aliphatic carbocycles. The van der Waals surface area contributed by atoms with Crippen LogP contribution in [0.25, 0.3) is 0 Å². The minimum absolute atomic E-state index is 0.156. The molecule has 0 saturated heterocycles. The van der Waals surface area contributed by atoms with Crippen LogP contribution >= 0.6 is 0 Å². The van der Waals surface area contributed by atoms with Gasteiger partial charge in [-0.05, 0) is 53.5 Å². The molecule has 0 aromatic carbocycles. The number of amides is 1. The van der Waals surface area contributed by atoms with Crippen LogP contribution in [0.3, 0.4) is 0 Å². The Morgan fingerprint density at radius 2 is 1.86 bits per heavy atom. The molecule has 0 aromatic rings.